The van der Waals surface area contributed by atoms with Crippen molar-refractivity contribution in [3.63, 3.8) is 0 Å². The van der Waals surface area contributed by atoms with Gasteiger partial charge in [0, 0.05) is 43.3 Å². The van der Waals surface area contributed by atoms with E-state index in [-0.39, 0.29) is 11.5 Å². The maximum atomic E-state index is 12.8. The molecule has 3 aromatic heterocycles. The number of ether oxygens (including phenoxy) is 1. The summed E-state index contributed by atoms with van der Waals surface area (Å²) in [5.74, 6) is 0.195. The van der Waals surface area contributed by atoms with Crippen LogP contribution in [-0.2, 0) is 6.18 Å². The van der Waals surface area contributed by atoms with Crippen molar-refractivity contribution < 1.29 is 22.7 Å². The molecule has 10 heteroatoms. The Kier molecular flexibility index (Phi) is 5.69. The monoisotopic (exact) mass is 422 g/mol. The molecule has 0 aliphatic rings. The fraction of sp³-hybridized carbons (Fsp3) is 0.158. The van der Waals surface area contributed by atoms with Gasteiger partial charge in [-0.1, -0.05) is 11.6 Å². The normalized spacial score (nSPS) is 11.2. The van der Waals surface area contributed by atoms with Crippen LogP contribution in [0.25, 0.3) is 0 Å². The first-order valence-electron chi connectivity index (χ1n) is 8.22. The molecule has 0 aromatic carbocycles. The number of anilines is 1. The highest BCUT2D eigenvalue weighted by atomic mass is 35.5. The van der Waals surface area contributed by atoms with E-state index in [0.717, 1.165) is 17.0 Å². The molecule has 0 spiro atoms. The van der Waals surface area contributed by atoms with Crippen LogP contribution in [-0.4, -0.2) is 27.9 Å². The van der Waals surface area contributed by atoms with Crippen molar-refractivity contribution in [2.45, 2.75) is 13.1 Å². The Hall–Kier alpha value is -3.20. The minimum absolute atomic E-state index is 0.0409. The lowest BCUT2D eigenvalue weighted by Crippen LogP contribution is -2.28. The van der Waals surface area contributed by atoms with Crippen LogP contribution in [0.15, 0.2) is 48.9 Å². The molecule has 0 atom stereocenters. The van der Waals surface area contributed by atoms with Crippen LogP contribution in [0.4, 0.5) is 19.0 Å². The average Bonchev–Trinajstić information content (AvgIpc) is 2.66. The van der Waals surface area contributed by atoms with Gasteiger partial charge < -0.3 is 4.74 Å². The third-order valence-electron chi connectivity index (χ3n) is 3.79. The molecule has 3 aromatic rings. The third-order valence-corrected chi connectivity index (χ3v) is 3.99. The first-order chi connectivity index (χ1) is 13.6. The largest absolute Gasteiger partial charge is 0.456 e. The van der Waals surface area contributed by atoms with Gasteiger partial charge in [0.25, 0.3) is 5.91 Å². The summed E-state index contributed by atoms with van der Waals surface area (Å²) < 4.78 is 43.7. The molecule has 0 fully saturated rings. The average molecular weight is 423 g/mol. The summed E-state index contributed by atoms with van der Waals surface area (Å²) in [5.41, 5.74) is -0.351. The molecule has 3 rings (SSSR count). The zero-order valence-corrected chi connectivity index (χ0v) is 16.0. The van der Waals surface area contributed by atoms with Crippen LogP contribution >= 0.6 is 11.6 Å². The zero-order valence-electron chi connectivity index (χ0n) is 15.2. The van der Waals surface area contributed by atoms with Crippen molar-refractivity contribution in [2.24, 2.45) is 0 Å². The van der Waals surface area contributed by atoms with Gasteiger partial charge in [0.2, 0.25) is 0 Å². The van der Waals surface area contributed by atoms with Crippen molar-refractivity contribution in [3.05, 3.63) is 70.9 Å². The second-order valence-corrected chi connectivity index (χ2v) is 6.47. The number of nitrogens with zero attached hydrogens (tertiary/aromatic N) is 4. The zero-order chi connectivity index (χ0) is 21.2. The van der Waals surface area contributed by atoms with Gasteiger partial charge in [-0.05, 0) is 19.1 Å². The van der Waals surface area contributed by atoms with E-state index >= 15 is 0 Å². The van der Waals surface area contributed by atoms with Gasteiger partial charge in [0.1, 0.15) is 23.0 Å². The molecule has 0 saturated heterocycles. The van der Waals surface area contributed by atoms with Gasteiger partial charge in [-0.2, -0.15) is 13.2 Å². The molecule has 0 N–H and O–H groups in total. The highest BCUT2D eigenvalue weighted by Crippen LogP contribution is 2.29. The number of halogens is 4. The first-order valence-corrected chi connectivity index (χ1v) is 8.59. The Labute approximate surface area is 168 Å². The number of rotatable bonds is 4. The first kappa shape index (κ1) is 20.5. The van der Waals surface area contributed by atoms with Crippen LogP contribution in [0.5, 0.6) is 11.5 Å². The number of hydrogen-bond acceptors (Lipinski definition) is 5. The number of aromatic nitrogens is 3. The maximum absolute atomic E-state index is 12.8. The quantitative estimate of drug-likeness (QED) is 0.597. The van der Waals surface area contributed by atoms with E-state index in [1.54, 1.807) is 19.1 Å². The fourth-order valence-corrected chi connectivity index (χ4v) is 2.58. The third kappa shape index (κ3) is 5.00. The van der Waals surface area contributed by atoms with E-state index in [0.29, 0.717) is 28.4 Å². The standard InChI is InChI=1S/C19H14ClF3N4O2/c1-11-5-14(29-15-6-13(20)9-24-10-15)7-16(26-11)18(28)27(2)17-4-3-12(8-25-17)19(21,22)23/h3-10H,1-2H3. The Morgan fingerprint density at radius 1 is 1.10 bits per heavy atom. The second-order valence-electron chi connectivity index (χ2n) is 6.04. The molecule has 0 bridgehead atoms. The lowest BCUT2D eigenvalue weighted by atomic mass is 10.2. The molecule has 0 saturated carbocycles. The van der Waals surface area contributed by atoms with Crippen LogP contribution < -0.4 is 9.64 Å². The van der Waals surface area contributed by atoms with E-state index in [1.807, 2.05) is 0 Å². The van der Waals surface area contributed by atoms with Gasteiger partial charge in [-0.15, -0.1) is 0 Å². The number of alkyl halides is 3. The van der Waals surface area contributed by atoms with E-state index in [2.05, 4.69) is 15.0 Å². The van der Waals surface area contributed by atoms with Crippen molar-refractivity contribution >= 4 is 23.3 Å². The van der Waals surface area contributed by atoms with E-state index in [1.165, 1.54) is 25.5 Å². The molecule has 1 amide bonds. The summed E-state index contributed by atoms with van der Waals surface area (Å²) in [5, 5.41) is 0.387. The molecule has 0 aliphatic heterocycles. The molecule has 150 valence electrons. The lowest BCUT2D eigenvalue weighted by molar-refractivity contribution is -0.137. The Balaban J connectivity index is 1.84. The fourth-order valence-electron chi connectivity index (χ4n) is 2.42. The van der Waals surface area contributed by atoms with Gasteiger partial charge in [-0.25, -0.2) is 9.97 Å². The predicted octanol–water partition coefficient (Wildman–Crippen LogP) is 4.92. The molecular formula is C19H14ClF3N4O2. The molecule has 29 heavy (non-hydrogen) atoms. The minimum atomic E-state index is -4.51. The number of aryl methyl sites for hydroxylation is 1. The number of hydrogen-bond donors (Lipinski definition) is 0. The topological polar surface area (TPSA) is 68.2 Å². The van der Waals surface area contributed by atoms with Gasteiger partial charge >= 0.3 is 6.18 Å². The second kappa shape index (κ2) is 8.04. The molecule has 6 nitrogen and oxygen atoms in total. The lowest BCUT2D eigenvalue weighted by Gasteiger charge is -2.17. The van der Waals surface area contributed by atoms with Crippen molar-refractivity contribution in [2.75, 3.05) is 11.9 Å². The van der Waals surface area contributed by atoms with Crippen LogP contribution in [0.3, 0.4) is 0 Å². The Morgan fingerprint density at radius 3 is 2.48 bits per heavy atom. The Bertz CT molecular complexity index is 1040. The smallest absolute Gasteiger partial charge is 0.417 e. The number of carbonyl (C=O) groups excluding carboxylic acids is 1. The Morgan fingerprint density at radius 2 is 1.86 bits per heavy atom. The SMILES string of the molecule is Cc1cc(Oc2cncc(Cl)c2)cc(C(=O)N(C)c2ccc(C(F)(F)F)cn2)n1. The number of carbonyl (C=O) groups is 1. The highest BCUT2D eigenvalue weighted by Gasteiger charge is 2.31. The van der Waals surface area contributed by atoms with Crippen LogP contribution in [0.2, 0.25) is 5.02 Å². The molecule has 0 unspecified atom stereocenters. The molecule has 0 radical (unpaired) electrons. The summed E-state index contributed by atoms with van der Waals surface area (Å²) in [4.78, 5) is 25.7. The van der Waals surface area contributed by atoms with Gasteiger partial charge in [0.05, 0.1) is 16.8 Å². The summed E-state index contributed by atoms with van der Waals surface area (Å²) in [6.07, 6.45) is -0.925. The van der Waals surface area contributed by atoms with Crippen molar-refractivity contribution in [1.82, 2.24) is 15.0 Å². The predicted molar refractivity (Wildman–Crippen MR) is 100 cm³/mol. The van der Waals surface area contributed by atoms with Crippen LogP contribution in [0.1, 0.15) is 21.7 Å². The molecule has 0 aliphatic carbocycles. The van der Waals surface area contributed by atoms with Gasteiger partial charge in [0.15, 0.2) is 0 Å². The minimum Gasteiger partial charge on any atom is -0.456 e. The number of pyridine rings is 3. The van der Waals surface area contributed by atoms with Crippen molar-refractivity contribution in [1.29, 1.82) is 0 Å². The summed E-state index contributed by atoms with van der Waals surface area (Å²) in [6, 6.07) is 6.57. The molecular weight excluding hydrogens is 409 g/mol. The summed E-state index contributed by atoms with van der Waals surface area (Å²) in [7, 11) is 1.39. The molecule has 3 heterocycles. The van der Waals surface area contributed by atoms with E-state index < -0.39 is 17.6 Å². The van der Waals surface area contributed by atoms with E-state index in [9.17, 15) is 18.0 Å². The van der Waals surface area contributed by atoms with E-state index in [4.69, 9.17) is 16.3 Å². The maximum Gasteiger partial charge on any atom is 0.417 e. The number of amides is 1. The highest BCUT2D eigenvalue weighted by molar-refractivity contribution is 6.30. The summed E-state index contributed by atoms with van der Waals surface area (Å²) >= 11 is 5.88. The van der Waals surface area contributed by atoms with Crippen molar-refractivity contribution in [3.8, 4) is 11.5 Å². The van der Waals surface area contributed by atoms with Gasteiger partial charge in [-0.3, -0.25) is 14.7 Å². The summed E-state index contributed by atoms with van der Waals surface area (Å²) in [6.45, 7) is 1.68. The van der Waals surface area contributed by atoms with Crippen LogP contribution in [0, 0.1) is 6.92 Å².